The molecule has 0 N–H and O–H groups in total. The molecule has 1 fully saturated rings. The Kier molecular flexibility index (Phi) is 4.96. The van der Waals surface area contributed by atoms with Crippen LogP contribution in [0.25, 0.3) is 44.9 Å². The van der Waals surface area contributed by atoms with Gasteiger partial charge in [-0.05, 0) is 36.8 Å². The molecule has 0 bridgehead atoms. The van der Waals surface area contributed by atoms with E-state index in [1.807, 2.05) is 47.3 Å². The van der Waals surface area contributed by atoms with Gasteiger partial charge in [0.15, 0.2) is 0 Å². The third kappa shape index (κ3) is 3.81. The standard InChI is InChI=1S/C26H21FN4O2/c27-20-8-6-19(7-9-20)24-22(13-31(30-24)11-10-17-14-32-15-17)25-21-12-23(18-4-2-1-3-5-18)33-26(21)29-16-28-25/h1-9,12-13,16-17H,10-11,14-15H2. The SMILES string of the molecule is Fc1ccc(-c2nn(CCC3COC3)cc2-c2ncnc3oc(-c4ccccc4)cc23)cc1. The Bertz CT molecular complexity index is 1410. The van der Waals surface area contributed by atoms with Crippen molar-refractivity contribution in [2.45, 2.75) is 13.0 Å². The van der Waals surface area contributed by atoms with Gasteiger partial charge in [0, 0.05) is 35.3 Å². The van der Waals surface area contributed by atoms with E-state index in [4.69, 9.17) is 14.3 Å². The third-order valence-corrected chi connectivity index (χ3v) is 6.00. The Hall–Kier alpha value is -3.84. The van der Waals surface area contributed by atoms with Crippen molar-refractivity contribution in [3.05, 3.63) is 79.0 Å². The van der Waals surface area contributed by atoms with Crippen LogP contribution in [-0.4, -0.2) is 33.0 Å². The van der Waals surface area contributed by atoms with E-state index < -0.39 is 0 Å². The zero-order valence-electron chi connectivity index (χ0n) is 17.8. The Balaban J connectivity index is 1.46. The molecule has 1 aliphatic heterocycles. The molecule has 0 atom stereocenters. The number of hydrogen-bond acceptors (Lipinski definition) is 5. The summed E-state index contributed by atoms with van der Waals surface area (Å²) in [5.41, 5.74) is 4.67. The van der Waals surface area contributed by atoms with Gasteiger partial charge in [0.2, 0.25) is 5.71 Å². The number of rotatable bonds is 6. The van der Waals surface area contributed by atoms with E-state index in [0.29, 0.717) is 11.6 Å². The predicted molar refractivity (Wildman–Crippen MR) is 123 cm³/mol. The molecule has 164 valence electrons. The maximum Gasteiger partial charge on any atom is 0.230 e. The van der Waals surface area contributed by atoms with Crippen LogP contribution >= 0.6 is 0 Å². The van der Waals surface area contributed by atoms with E-state index >= 15 is 0 Å². The minimum absolute atomic E-state index is 0.281. The van der Waals surface area contributed by atoms with E-state index in [1.165, 1.54) is 18.5 Å². The zero-order valence-corrected chi connectivity index (χ0v) is 17.8. The van der Waals surface area contributed by atoms with Crippen molar-refractivity contribution in [2.75, 3.05) is 13.2 Å². The first-order chi connectivity index (χ1) is 16.2. The van der Waals surface area contributed by atoms with E-state index in [-0.39, 0.29) is 5.82 Å². The first kappa shape index (κ1) is 19.8. The second-order valence-electron chi connectivity index (χ2n) is 8.27. The van der Waals surface area contributed by atoms with Crippen LogP contribution in [-0.2, 0) is 11.3 Å². The normalized spacial score (nSPS) is 14.0. The van der Waals surface area contributed by atoms with Crippen LogP contribution in [0, 0.1) is 11.7 Å². The van der Waals surface area contributed by atoms with E-state index in [2.05, 4.69) is 9.97 Å². The Morgan fingerprint density at radius 3 is 2.52 bits per heavy atom. The highest BCUT2D eigenvalue weighted by Gasteiger charge is 2.22. The molecule has 5 aromatic rings. The van der Waals surface area contributed by atoms with Crippen LogP contribution in [0.15, 0.2) is 77.6 Å². The highest BCUT2D eigenvalue weighted by atomic mass is 19.1. The fraction of sp³-hybridized carbons (Fsp3) is 0.192. The molecular weight excluding hydrogens is 419 g/mol. The Morgan fingerprint density at radius 2 is 1.76 bits per heavy atom. The Morgan fingerprint density at radius 1 is 0.939 bits per heavy atom. The maximum atomic E-state index is 13.6. The summed E-state index contributed by atoms with van der Waals surface area (Å²) in [6, 6.07) is 18.3. The van der Waals surface area contributed by atoms with Crippen LogP contribution in [0.2, 0.25) is 0 Å². The second kappa shape index (κ2) is 8.26. The van der Waals surface area contributed by atoms with Gasteiger partial charge in [-0.1, -0.05) is 30.3 Å². The summed E-state index contributed by atoms with van der Waals surface area (Å²) in [7, 11) is 0. The molecular formula is C26H21FN4O2. The summed E-state index contributed by atoms with van der Waals surface area (Å²) in [6.07, 6.45) is 4.51. The summed E-state index contributed by atoms with van der Waals surface area (Å²) in [4.78, 5) is 8.95. The van der Waals surface area contributed by atoms with Crippen molar-refractivity contribution in [2.24, 2.45) is 5.92 Å². The number of benzene rings is 2. The molecule has 0 aliphatic carbocycles. The average Bonchev–Trinajstić information content (AvgIpc) is 3.44. The molecule has 6 rings (SSSR count). The van der Waals surface area contributed by atoms with Crippen LogP contribution in [0.1, 0.15) is 6.42 Å². The molecule has 0 saturated carbocycles. The largest absolute Gasteiger partial charge is 0.438 e. The molecule has 0 spiro atoms. The summed E-state index contributed by atoms with van der Waals surface area (Å²) < 4.78 is 26.9. The molecule has 1 aliphatic rings. The highest BCUT2D eigenvalue weighted by Crippen LogP contribution is 2.36. The van der Waals surface area contributed by atoms with Crippen molar-refractivity contribution >= 4 is 11.1 Å². The molecule has 3 aromatic heterocycles. The quantitative estimate of drug-likeness (QED) is 0.344. The monoisotopic (exact) mass is 440 g/mol. The van der Waals surface area contributed by atoms with Crippen molar-refractivity contribution in [1.82, 2.24) is 19.7 Å². The van der Waals surface area contributed by atoms with Gasteiger partial charge in [-0.15, -0.1) is 0 Å². The minimum atomic E-state index is -0.281. The van der Waals surface area contributed by atoms with Gasteiger partial charge in [0.05, 0.1) is 24.3 Å². The van der Waals surface area contributed by atoms with Gasteiger partial charge in [0.25, 0.3) is 0 Å². The van der Waals surface area contributed by atoms with Crippen molar-refractivity contribution in [1.29, 1.82) is 0 Å². The molecule has 4 heterocycles. The number of aryl methyl sites for hydroxylation is 1. The van der Waals surface area contributed by atoms with Crippen LogP contribution in [0.3, 0.4) is 0 Å². The lowest BCUT2D eigenvalue weighted by Gasteiger charge is -2.25. The zero-order chi connectivity index (χ0) is 22.2. The second-order valence-corrected chi connectivity index (χ2v) is 8.27. The molecule has 33 heavy (non-hydrogen) atoms. The van der Waals surface area contributed by atoms with Gasteiger partial charge in [0.1, 0.15) is 23.6 Å². The van der Waals surface area contributed by atoms with E-state index in [1.54, 1.807) is 12.1 Å². The lowest BCUT2D eigenvalue weighted by molar-refractivity contribution is -0.0375. The average molecular weight is 440 g/mol. The van der Waals surface area contributed by atoms with E-state index in [9.17, 15) is 4.39 Å². The van der Waals surface area contributed by atoms with Gasteiger partial charge in [-0.3, -0.25) is 4.68 Å². The first-order valence-corrected chi connectivity index (χ1v) is 11.0. The van der Waals surface area contributed by atoms with Crippen molar-refractivity contribution < 1.29 is 13.5 Å². The number of nitrogens with zero attached hydrogens (tertiary/aromatic N) is 4. The number of ether oxygens (including phenoxy) is 1. The number of furan rings is 1. The summed E-state index contributed by atoms with van der Waals surface area (Å²) in [5, 5.41) is 5.66. The van der Waals surface area contributed by atoms with Crippen molar-refractivity contribution in [3.8, 4) is 33.8 Å². The van der Waals surface area contributed by atoms with Gasteiger partial charge < -0.3 is 9.15 Å². The number of aromatic nitrogens is 4. The molecule has 6 nitrogen and oxygen atoms in total. The van der Waals surface area contributed by atoms with Gasteiger partial charge in [-0.25, -0.2) is 14.4 Å². The predicted octanol–water partition coefficient (Wildman–Crippen LogP) is 5.60. The fourth-order valence-corrected chi connectivity index (χ4v) is 4.11. The van der Waals surface area contributed by atoms with Crippen LogP contribution in [0.4, 0.5) is 4.39 Å². The lowest BCUT2D eigenvalue weighted by Crippen LogP contribution is -2.28. The molecule has 1 saturated heterocycles. The Labute approximate surface area is 189 Å². The molecule has 0 radical (unpaired) electrons. The fourth-order valence-electron chi connectivity index (χ4n) is 4.11. The van der Waals surface area contributed by atoms with Gasteiger partial charge >= 0.3 is 0 Å². The van der Waals surface area contributed by atoms with Crippen molar-refractivity contribution in [3.63, 3.8) is 0 Å². The molecule has 7 heteroatoms. The summed E-state index contributed by atoms with van der Waals surface area (Å²) in [5.74, 6) is 1.02. The number of halogens is 1. The lowest BCUT2D eigenvalue weighted by atomic mass is 10.0. The van der Waals surface area contributed by atoms with Crippen LogP contribution in [0.5, 0.6) is 0 Å². The summed E-state index contributed by atoms with van der Waals surface area (Å²) in [6.45, 7) is 2.39. The first-order valence-electron chi connectivity index (χ1n) is 11.0. The molecule has 0 unspecified atom stereocenters. The highest BCUT2D eigenvalue weighted by molar-refractivity contribution is 5.95. The summed E-state index contributed by atoms with van der Waals surface area (Å²) >= 11 is 0. The smallest absolute Gasteiger partial charge is 0.230 e. The number of hydrogen-bond donors (Lipinski definition) is 0. The van der Waals surface area contributed by atoms with Gasteiger partial charge in [-0.2, -0.15) is 5.10 Å². The molecule has 0 amide bonds. The maximum absolute atomic E-state index is 13.6. The van der Waals surface area contributed by atoms with E-state index in [0.717, 1.165) is 65.4 Å². The van der Waals surface area contributed by atoms with Crippen LogP contribution < -0.4 is 0 Å². The number of fused-ring (bicyclic) bond motifs is 1. The third-order valence-electron chi connectivity index (χ3n) is 6.00. The molecule has 2 aromatic carbocycles. The minimum Gasteiger partial charge on any atom is -0.438 e. The topological polar surface area (TPSA) is 66.0 Å².